The van der Waals surface area contributed by atoms with E-state index in [0.717, 1.165) is 0 Å². The second kappa shape index (κ2) is 6.19. The average molecular weight is 314 g/mol. The number of nitrogens with zero attached hydrogens (tertiary/aromatic N) is 3. The molecule has 1 aliphatic heterocycles. The summed E-state index contributed by atoms with van der Waals surface area (Å²) in [6.07, 6.45) is -3.69. The Kier molecular flexibility index (Phi) is 4.51. The molecular formula is C13H13F3N4O2. The topological polar surface area (TPSA) is 82.2 Å². The van der Waals surface area contributed by atoms with Crippen molar-refractivity contribution in [3.8, 4) is 6.07 Å². The van der Waals surface area contributed by atoms with Crippen molar-refractivity contribution >= 4 is 11.4 Å². The van der Waals surface area contributed by atoms with Gasteiger partial charge in [0.25, 0.3) is 5.69 Å². The van der Waals surface area contributed by atoms with Crippen LogP contribution >= 0.6 is 0 Å². The molecular weight excluding hydrogens is 301 g/mol. The normalized spacial score (nSPS) is 18.9. The van der Waals surface area contributed by atoms with Crippen LogP contribution in [0, 0.1) is 21.4 Å². The molecule has 1 aromatic carbocycles. The van der Waals surface area contributed by atoms with E-state index in [2.05, 4.69) is 5.32 Å². The quantitative estimate of drug-likeness (QED) is 0.682. The van der Waals surface area contributed by atoms with E-state index in [1.165, 1.54) is 23.1 Å². The third kappa shape index (κ3) is 4.08. The number of hydrogen-bond donors (Lipinski definition) is 1. The summed E-state index contributed by atoms with van der Waals surface area (Å²) in [6, 6.07) is 5.56. The highest BCUT2D eigenvalue weighted by molar-refractivity contribution is 5.59. The zero-order chi connectivity index (χ0) is 16.3. The molecule has 22 heavy (non-hydrogen) atoms. The second-order valence-corrected chi connectivity index (χ2v) is 5.08. The Morgan fingerprint density at radius 2 is 2.23 bits per heavy atom. The Morgan fingerprint density at radius 1 is 1.50 bits per heavy atom. The van der Waals surface area contributed by atoms with Crippen molar-refractivity contribution in [1.82, 2.24) is 4.90 Å². The summed E-state index contributed by atoms with van der Waals surface area (Å²) in [4.78, 5) is 11.4. The molecule has 1 aromatic rings. The molecule has 1 saturated heterocycles. The average Bonchev–Trinajstić information content (AvgIpc) is 2.83. The maximum absolute atomic E-state index is 12.3. The first-order valence-electron chi connectivity index (χ1n) is 6.52. The van der Waals surface area contributed by atoms with Crippen molar-refractivity contribution in [3.05, 3.63) is 33.9 Å². The molecule has 118 valence electrons. The highest BCUT2D eigenvalue weighted by Gasteiger charge is 2.34. The Morgan fingerprint density at radius 3 is 2.82 bits per heavy atom. The lowest BCUT2D eigenvalue weighted by Crippen LogP contribution is -2.34. The standard InChI is InChI=1S/C13H13F3N4O2/c14-13(15,16)8-19-4-3-11(7-19)18-10-1-2-12(20(21)22)9(5-10)6-17/h1-2,5,11,18H,3-4,7-8H2/t11-/m1/s1. The summed E-state index contributed by atoms with van der Waals surface area (Å²) >= 11 is 0. The highest BCUT2D eigenvalue weighted by atomic mass is 19.4. The van der Waals surface area contributed by atoms with Gasteiger partial charge in [0.15, 0.2) is 0 Å². The number of anilines is 1. The van der Waals surface area contributed by atoms with E-state index >= 15 is 0 Å². The molecule has 1 aliphatic rings. The van der Waals surface area contributed by atoms with Crippen molar-refractivity contribution in [2.24, 2.45) is 0 Å². The number of halogens is 3. The number of nitriles is 1. The van der Waals surface area contributed by atoms with Gasteiger partial charge in [-0.1, -0.05) is 0 Å². The first-order valence-corrected chi connectivity index (χ1v) is 6.52. The molecule has 0 aliphatic carbocycles. The van der Waals surface area contributed by atoms with Gasteiger partial charge in [-0.15, -0.1) is 0 Å². The van der Waals surface area contributed by atoms with Gasteiger partial charge in [0, 0.05) is 30.9 Å². The van der Waals surface area contributed by atoms with Crippen LogP contribution in [0.3, 0.4) is 0 Å². The number of nitro benzene ring substituents is 1. The first kappa shape index (κ1) is 16.0. The largest absolute Gasteiger partial charge is 0.401 e. The molecule has 0 spiro atoms. The van der Waals surface area contributed by atoms with Crippen molar-refractivity contribution in [3.63, 3.8) is 0 Å². The predicted molar refractivity (Wildman–Crippen MR) is 72.3 cm³/mol. The lowest BCUT2D eigenvalue weighted by molar-refractivity contribution is -0.385. The van der Waals surface area contributed by atoms with E-state index in [-0.39, 0.29) is 23.8 Å². The molecule has 2 rings (SSSR count). The highest BCUT2D eigenvalue weighted by Crippen LogP contribution is 2.25. The van der Waals surface area contributed by atoms with Crippen LogP contribution in [0.15, 0.2) is 18.2 Å². The van der Waals surface area contributed by atoms with Crippen LogP contribution in [0.5, 0.6) is 0 Å². The van der Waals surface area contributed by atoms with Gasteiger partial charge < -0.3 is 5.32 Å². The van der Waals surface area contributed by atoms with Gasteiger partial charge in [0.1, 0.15) is 11.6 Å². The molecule has 0 bridgehead atoms. The van der Waals surface area contributed by atoms with Gasteiger partial charge >= 0.3 is 6.18 Å². The van der Waals surface area contributed by atoms with Crippen LogP contribution in [-0.4, -0.2) is 41.7 Å². The lowest BCUT2D eigenvalue weighted by atomic mass is 10.1. The van der Waals surface area contributed by atoms with E-state index in [4.69, 9.17) is 5.26 Å². The van der Waals surface area contributed by atoms with E-state index in [0.29, 0.717) is 18.7 Å². The second-order valence-electron chi connectivity index (χ2n) is 5.08. The molecule has 0 saturated carbocycles. The predicted octanol–water partition coefficient (Wildman–Crippen LogP) is 2.51. The molecule has 1 fully saturated rings. The van der Waals surface area contributed by atoms with Crippen molar-refractivity contribution in [2.75, 3.05) is 25.0 Å². The zero-order valence-electron chi connectivity index (χ0n) is 11.4. The molecule has 1 N–H and O–H groups in total. The van der Waals surface area contributed by atoms with E-state index in [1.54, 1.807) is 6.07 Å². The smallest absolute Gasteiger partial charge is 0.381 e. The van der Waals surface area contributed by atoms with E-state index in [9.17, 15) is 23.3 Å². The molecule has 1 atom stereocenters. The summed E-state index contributed by atoms with van der Waals surface area (Å²) in [5.74, 6) is 0. The molecule has 9 heteroatoms. The molecule has 0 amide bonds. The Hall–Kier alpha value is -2.34. The van der Waals surface area contributed by atoms with Crippen molar-refractivity contribution in [1.29, 1.82) is 5.26 Å². The van der Waals surface area contributed by atoms with Crippen LogP contribution in [0.1, 0.15) is 12.0 Å². The minimum Gasteiger partial charge on any atom is -0.381 e. The SMILES string of the molecule is N#Cc1cc(N[C@@H]2CCN(CC(F)(F)F)C2)ccc1[N+](=O)[O-]. The third-order valence-corrected chi connectivity index (χ3v) is 3.36. The minimum absolute atomic E-state index is 0.0832. The Labute approximate surface area is 124 Å². The fourth-order valence-electron chi connectivity index (χ4n) is 2.46. The van der Waals surface area contributed by atoms with Gasteiger partial charge in [-0.3, -0.25) is 15.0 Å². The Bertz CT molecular complexity index is 612. The summed E-state index contributed by atoms with van der Waals surface area (Å²) in [7, 11) is 0. The van der Waals surface area contributed by atoms with Crippen molar-refractivity contribution < 1.29 is 18.1 Å². The van der Waals surface area contributed by atoms with Crippen LogP contribution in [0.4, 0.5) is 24.5 Å². The summed E-state index contributed by atoms with van der Waals surface area (Å²) < 4.78 is 37.0. The Balaban J connectivity index is 2.01. The van der Waals surface area contributed by atoms with Gasteiger partial charge in [-0.25, -0.2) is 0 Å². The number of benzene rings is 1. The van der Waals surface area contributed by atoms with Gasteiger partial charge in [-0.2, -0.15) is 18.4 Å². The number of likely N-dealkylation sites (tertiary alicyclic amines) is 1. The lowest BCUT2D eigenvalue weighted by Gasteiger charge is -2.18. The van der Waals surface area contributed by atoms with Gasteiger partial charge in [-0.05, 0) is 18.6 Å². The summed E-state index contributed by atoms with van der Waals surface area (Å²) in [6.45, 7) is -0.386. The van der Waals surface area contributed by atoms with Crippen LogP contribution in [0.25, 0.3) is 0 Å². The number of hydrogen-bond acceptors (Lipinski definition) is 5. The van der Waals surface area contributed by atoms with Crippen LogP contribution in [0.2, 0.25) is 0 Å². The fraction of sp³-hybridized carbons (Fsp3) is 0.462. The zero-order valence-corrected chi connectivity index (χ0v) is 11.4. The van der Waals surface area contributed by atoms with E-state index in [1.807, 2.05) is 0 Å². The summed E-state index contributed by atoms with van der Waals surface area (Å²) in [5, 5.41) is 22.7. The fourth-order valence-corrected chi connectivity index (χ4v) is 2.46. The number of alkyl halides is 3. The monoisotopic (exact) mass is 314 g/mol. The minimum atomic E-state index is -4.23. The van der Waals surface area contributed by atoms with Gasteiger partial charge in [0.2, 0.25) is 0 Å². The number of rotatable bonds is 4. The summed E-state index contributed by atoms with van der Waals surface area (Å²) in [5.41, 5.74) is 0.110. The molecule has 1 heterocycles. The van der Waals surface area contributed by atoms with E-state index < -0.39 is 17.6 Å². The molecule has 0 aromatic heterocycles. The maximum atomic E-state index is 12.3. The number of nitro groups is 1. The van der Waals surface area contributed by atoms with Crippen LogP contribution < -0.4 is 5.32 Å². The third-order valence-electron chi connectivity index (χ3n) is 3.36. The van der Waals surface area contributed by atoms with Gasteiger partial charge in [0.05, 0.1) is 11.5 Å². The molecule has 0 radical (unpaired) electrons. The molecule has 0 unspecified atom stereocenters. The number of nitrogens with one attached hydrogen (secondary N) is 1. The van der Waals surface area contributed by atoms with Crippen molar-refractivity contribution in [2.45, 2.75) is 18.6 Å². The first-order chi connectivity index (χ1) is 10.3. The molecule has 6 nitrogen and oxygen atoms in total. The maximum Gasteiger partial charge on any atom is 0.401 e. The van der Waals surface area contributed by atoms with Crippen LogP contribution in [-0.2, 0) is 0 Å².